The second-order valence-electron chi connectivity index (χ2n) is 27.3. The molecule has 29 unspecified atom stereocenters. The number of rotatable bonds is 7. The Kier molecular flexibility index (Phi) is 5.95. The fraction of sp³-hybridized carbons (Fsp3) is 0.645. The SMILES string of the molecule is CN1CC2C3CC4=C5C6C(CC7=CC8CC9CC%10CC%11CC2(C2C%11C%11C%10C%10C9C8C8C7C6C6C7C5C3C2C7C%11C%10C86)C1c1ccc(OCc2ccccc2)c(OCc2ccccc2)c1)C4. The van der Waals surface area contributed by atoms with E-state index in [0.29, 0.717) is 24.7 Å². The second kappa shape index (κ2) is 11.1. The number of hydrogen-bond acceptors (Lipinski definition) is 3. The van der Waals surface area contributed by atoms with E-state index in [1.165, 1.54) is 36.9 Å². The summed E-state index contributed by atoms with van der Waals surface area (Å²) in [5.41, 5.74) is 10.8. The molecule has 0 amide bonds. The lowest BCUT2D eigenvalue weighted by Gasteiger charge is -2.64. The largest absolute Gasteiger partial charge is 0.485 e. The highest BCUT2D eigenvalue weighted by Crippen LogP contribution is 2.93. The van der Waals surface area contributed by atoms with Crippen molar-refractivity contribution in [2.24, 2.45) is 165 Å². The van der Waals surface area contributed by atoms with Gasteiger partial charge in [0, 0.05) is 12.6 Å². The van der Waals surface area contributed by atoms with Crippen molar-refractivity contribution >= 4 is 0 Å². The number of benzene rings is 3. The Balaban J connectivity index is 0.795. The maximum Gasteiger partial charge on any atom is 0.162 e. The molecule has 13 saturated carbocycles. The molecule has 3 aromatic rings. The number of allylic oxidation sites excluding steroid dienone is 4. The van der Waals surface area contributed by atoms with Crippen LogP contribution in [0.5, 0.6) is 11.5 Å². The molecule has 0 radical (unpaired) electrons. The lowest BCUT2D eigenvalue weighted by atomic mass is 9.40. The summed E-state index contributed by atoms with van der Waals surface area (Å²) in [5.74, 6) is 29.8. The first-order valence-electron chi connectivity index (χ1n) is 27.7. The third kappa shape index (κ3) is 3.55. The van der Waals surface area contributed by atoms with Gasteiger partial charge in [0.1, 0.15) is 13.2 Å². The van der Waals surface area contributed by atoms with Crippen LogP contribution in [-0.2, 0) is 13.2 Å². The smallest absolute Gasteiger partial charge is 0.162 e. The monoisotopic (exact) mass is 856 g/mol. The van der Waals surface area contributed by atoms with Crippen molar-refractivity contribution in [2.45, 2.75) is 64.2 Å². The van der Waals surface area contributed by atoms with Crippen molar-refractivity contribution < 1.29 is 9.47 Å². The van der Waals surface area contributed by atoms with Crippen molar-refractivity contribution in [3.05, 3.63) is 118 Å². The molecule has 0 aromatic heterocycles. The molecule has 1 heterocycles. The van der Waals surface area contributed by atoms with Gasteiger partial charge in [-0.3, -0.25) is 4.90 Å². The standard InChI is InChI=1S/C62H65NO2/c1-63-23-37-36-20-34-18-31-16-32-15-29-14-30-17-33-19-35-22-62(37,61(63)28-12-13-38(64-24-26-8-4-2-5-9-26)39(21-28)65-25-27-10-6-3-7-11-27)60-46(35)51-45(33)50-41(30)40(29)48-44(32)49-42(31)43(34)52-47(36)59(60)58-56(51)54(50)53(48)55(49)57(52)58/h2-13,15,21,29-31,33,35-37,40-42,44-61H,14,16-20,22-25H2,1H3. The van der Waals surface area contributed by atoms with Gasteiger partial charge in [0.05, 0.1) is 0 Å². The van der Waals surface area contributed by atoms with Gasteiger partial charge >= 0.3 is 0 Å². The lowest BCUT2D eigenvalue weighted by molar-refractivity contribution is -0.168. The molecule has 29 atom stereocenters. The van der Waals surface area contributed by atoms with Gasteiger partial charge in [0.2, 0.25) is 0 Å². The van der Waals surface area contributed by atoms with Crippen molar-refractivity contribution in [1.82, 2.24) is 4.90 Å². The van der Waals surface area contributed by atoms with E-state index in [9.17, 15) is 0 Å². The van der Waals surface area contributed by atoms with Crippen LogP contribution in [0.4, 0.5) is 0 Å². The molecule has 65 heavy (non-hydrogen) atoms. The Morgan fingerprint density at radius 1 is 0.554 bits per heavy atom. The molecule has 14 fully saturated rings. The Hall–Kier alpha value is -3.30. The fourth-order valence-electron chi connectivity index (χ4n) is 27.7. The fourth-order valence-corrected chi connectivity index (χ4v) is 27.7. The molecule has 1 spiro atoms. The van der Waals surface area contributed by atoms with E-state index in [1.54, 1.807) is 31.2 Å². The topological polar surface area (TPSA) is 21.7 Å². The maximum atomic E-state index is 6.97. The molecule has 16 aliphatic carbocycles. The van der Waals surface area contributed by atoms with Crippen LogP contribution in [0.3, 0.4) is 0 Å². The highest BCUT2D eigenvalue weighted by atomic mass is 16.5. The number of likely N-dealkylation sites (tertiary alicyclic amines) is 1. The molecule has 17 aliphatic rings. The summed E-state index contributed by atoms with van der Waals surface area (Å²) < 4.78 is 13.7. The van der Waals surface area contributed by atoms with Crippen molar-refractivity contribution in [3.8, 4) is 11.5 Å². The summed E-state index contributed by atoms with van der Waals surface area (Å²) >= 11 is 0. The molecule has 1 aliphatic heterocycles. The zero-order valence-electron chi connectivity index (χ0n) is 38.1. The van der Waals surface area contributed by atoms with Crippen LogP contribution in [0.1, 0.15) is 67.7 Å². The van der Waals surface area contributed by atoms with E-state index in [1.807, 2.05) is 0 Å². The first-order valence-corrected chi connectivity index (χ1v) is 27.7. The Morgan fingerprint density at radius 3 is 2.06 bits per heavy atom. The molecule has 0 bridgehead atoms. The van der Waals surface area contributed by atoms with E-state index in [2.05, 4.69) is 114 Å². The molecule has 1 saturated heterocycles. The molecule has 20 rings (SSSR count). The van der Waals surface area contributed by atoms with Crippen LogP contribution in [0, 0.1) is 165 Å². The highest BCUT2D eigenvalue weighted by molar-refractivity contribution is 5.50. The Morgan fingerprint density at radius 2 is 1.23 bits per heavy atom. The summed E-state index contributed by atoms with van der Waals surface area (Å²) in [7, 11) is 2.60. The van der Waals surface area contributed by atoms with Crippen molar-refractivity contribution in [3.63, 3.8) is 0 Å². The normalized spacial score (nSPS) is 58.8. The minimum atomic E-state index is 0.382. The lowest BCUT2D eigenvalue weighted by Crippen LogP contribution is -2.61. The van der Waals surface area contributed by atoms with Crippen LogP contribution in [0.15, 0.2) is 102 Å². The van der Waals surface area contributed by atoms with Crippen LogP contribution in [0.25, 0.3) is 0 Å². The van der Waals surface area contributed by atoms with Crippen molar-refractivity contribution in [1.29, 1.82) is 0 Å². The van der Waals surface area contributed by atoms with Crippen molar-refractivity contribution in [2.75, 3.05) is 13.6 Å². The summed E-state index contributed by atoms with van der Waals surface area (Å²) in [6, 6.07) is 29.5. The highest BCUT2D eigenvalue weighted by Gasteiger charge is 2.89. The van der Waals surface area contributed by atoms with E-state index >= 15 is 0 Å². The summed E-state index contributed by atoms with van der Waals surface area (Å²) in [4.78, 5) is 2.99. The third-order valence-corrected chi connectivity index (χ3v) is 26.9. The van der Waals surface area contributed by atoms with Gasteiger partial charge in [-0.15, -0.1) is 0 Å². The average molecular weight is 856 g/mol. The Bertz CT molecular complexity index is 2740. The quantitative estimate of drug-likeness (QED) is 0.221. The minimum Gasteiger partial charge on any atom is -0.485 e. The predicted molar refractivity (Wildman–Crippen MR) is 247 cm³/mol. The van der Waals surface area contributed by atoms with Crippen LogP contribution in [0.2, 0.25) is 0 Å². The number of nitrogens with zero attached hydrogens (tertiary/aromatic N) is 1. The average Bonchev–Trinajstić information content (AvgIpc) is 4.19. The first kappa shape index (κ1) is 34.9. The Labute approximate surface area is 385 Å². The third-order valence-electron chi connectivity index (χ3n) is 26.9. The van der Waals surface area contributed by atoms with Crippen LogP contribution in [-0.4, -0.2) is 18.5 Å². The molecular formula is C62H65NO2. The minimum absolute atomic E-state index is 0.382. The second-order valence-corrected chi connectivity index (χ2v) is 27.3. The van der Waals surface area contributed by atoms with E-state index < -0.39 is 0 Å². The van der Waals surface area contributed by atoms with E-state index in [4.69, 9.17) is 9.47 Å². The molecule has 330 valence electrons. The number of ether oxygens (including phenoxy) is 2. The first-order chi connectivity index (χ1) is 32.1. The van der Waals surface area contributed by atoms with Crippen LogP contribution < -0.4 is 9.47 Å². The zero-order valence-corrected chi connectivity index (χ0v) is 38.1. The van der Waals surface area contributed by atoms with Gasteiger partial charge < -0.3 is 9.47 Å². The summed E-state index contributed by atoms with van der Waals surface area (Å²) in [6.07, 6.45) is 14.0. The molecule has 3 aromatic carbocycles. The molecule has 3 heteroatoms. The van der Waals surface area contributed by atoms with E-state index in [-0.39, 0.29) is 0 Å². The summed E-state index contributed by atoms with van der Waals surface area (Å²) in [5, 5.41) is 0. The van der Waals surface area contributed by atoms with Crippen LogP contribution >= 0.6 is 0 Å². The van der Waals surface area contributed by atoms with Gasteiger partial charge in [0.25, 0.3) is 0 Å². The molecular weight excluding hydrogens is 791 g/mol. The molecule has 3 nitrogen and oxygen atoms in total. The van der Waals surface area contributed by atoms with E-state index in [0.717, 1.165) is 171 Å². The maximum absolute atomic E-state index is 6.97. The van der Waals surface area contributed by atoms with Gasteiger partial charge in [-0.2, -0.15) is 0 Å². The van der Waals surface area contributed by atoms with Gasteiger partial charge in [-0.25, -0.2) is 0 Å². The predicted octanol–water partition coefficient (Wildman–Crippen LogP) is 11.6. The molecule has 0 N–H and O–H groups in total. The van der Waals surface area contributed by atoms with Gasteiger partial charge in [0.15, 0.2) is 11.5 Å². The summed E-state index contributed by atoms with van der Waals surface area (Å²) in [6.45, 7) is 2.46. The number of hydrogen-bond donors (Lipinski definition) is 0. The zero-order chi connectivity index (χ0) is 41.2. The van der Waals surface area contributed by atoms with Gasteiger partial charge in [-0.05, 0) is 246 Å². The number of fused-ring (bicyclic) bond motifs is 1. The van der Waals surface area contributed by atoms with Gasteiger partial charge in [-0.1, -0.05) is 89.5 Å².